The van der Waals surface area contributed by atoms with E-state index in [9.17, 15) is 4.79 Å². The summed E-state index contributed by atoms with van der Waals surface area (Å²) in [6, 6.07) is 26.2. The van der Waals surface area contributed by atoms with E-state index in [2.05, 4.69) is 35.6 Å². The van der Waals surface area contributed by atoms with Crippen molar-refractivity contribution in [1.82, 2.24) is 5.32 Å². The molecule has 0 heterocycles. The van der Waals surface area contributed by atoms with E-state index in [1.54, 1.807) is 0 Å². The Hall–Kier alpha value is -2.95. The van der Waals surface area contributed by atoms with Gasteiger partial charge in [-0.25, -0.2) is 0 Å². The molecule has 3 aromatic rings. The second-order valence-electron chi connectivity index (χ2n) is 6.93. The molecule has 0 spiro atoms. The fourth-order valence-corrected chi connectivity index (χ4v) is 3.14. The summed E-state index contributed by atoms with van der Waals surface area (Å²) in [5, 5.41) is 3.00. The molecule has 3 aromatic carbocycles. The zero-order chi connectivity index (χ0) is 19.8. The smallest absolute Gasteiger partial charge is 0.251 e. The Morgan fingerprint density at radius 1 is 0.821 bits per heavy atom. The SMILES string of the molecule is NCC(N)CCCNC(=O)c1cc(-c2ccccc2)cc(-c2ccccc2)c1. The lowest BCUT2D eigenvalue weighted by Crippen LogP contribution is -2.31. The van der Waals surface area contributed by atoms with Crippen LogP contribution in [0.2, 0.25) is 0 Å². The maximum atomic E-state index is 12.8. The number of carbonyl (C=O) groups excluding carboxylic acids is 1. The highest BCUT2D eigenvalue weighted by molar-refractivity contribution is 5.97. The van der Waals surface area contributed by atoms with Gasteiger partial charge in [0.1, 0.15) is 0 Å². The topological polar surface area (TPSA) is 81.1 Å². The molecule has 0 fully saturated rings. The number of nitrogens with one attached hydrogen (secondary N) is 1. The molecular formula is C24H27N3O. The molecule has 0 saturated carbocycles. The van der Waals surface area contributed by atoms with Gasteiger partial charge in [-0.3, -0.25) is 4.79 Å². The Morgan fingerprint density at radius 2 is 1.36 bits per heavy atom. The van der Waals surface area contributed by atoms with Crippen LogP contribution in [0.1, 0.15) is 23.2 Å². The third-order valence-corrected chi connectivity index (χ3v) is 4.75. The summed E-state index contributed by atoms with van der Waals surface area (Å²) in [4.78, 5) is 12.8. The fraction of sp³-hybridized carbons (Fsp3) is 0.208. The van der Waals surface area contributed by atoms with Crippen LogP contribution in [0.5, 0.6) is 0 Å². The lowest BCUT2D eigenvalue weighted by molar-refractivity contribution is 0.0953. The van der Waals surface area contributed by atoms with E-state index >= 15 is 0 Å². The van der Waals surface area contributed by atoms with E-state index in [0.29, 0.717) is 18.7 Å². The largest absolute Gasteiger partial charge is 0.352 e. The van der Waals surface area contributed by atoms with Crippen LogP contribution in [-0.2, 0) is 0 Å². The Bertz CT molecular complexity index is 836. The summed E-state index contributed by atoms with van der Waals surface area (Å²) < 4.78 is 0. The highest BCUT2D eigenvalue weighted by Gasteiger charge is 2.11. The van der Waals surface area contributed by atoms with Gasteiger partial charge in [-0.05, 0) is 53.3 Å². The molecule has 144 valence electrons. The monoisotopic (exact) mass is 373 g/mol. The van der Waals surface area contributed by atoms with Crippen molar-refractivity contribution in [1.29, 1.82) is 0 Å². The molecule has 3 rings (SSSR count). The van der Waals surface area contributed by atoms with Crippen molar-refractivity contribution in [3.63, 3.8) is 0 Å². The van der Waals surface area contributed by atoms with Crippen LogP contribution in [0.25, 0.3) is 22.3 Å². The fourth-order valence-electron chi connectivity index (χ4n) is 3.14. The van der Waals surface area contributed by atoms with E-state index in [1.165, 1.54) is 0 Å². The van der Waals surface area contributed by atoms with Crippen molar-refractivity contribution < 1.29 is 4.79 Å². The molecule has 0 bridgehead atoms. The normalized spacial score (nSPS) is 11.8. The third-order valence-electron chi connectivity index (χ3n) is 4.75. The van der Waals surface area contributed by atoms with Crippen molar-refractivity contribution >= 4 is 5.91 Å². The summed E-state index contributed by atoms with van der Waals surface area (Å²) in [5.74, 6) is -0.0729. The van der Waals surface area contributed by atoms with Gasteiger partial charge in [0.05, 0.1) is 0 Å². The number of nitrogens with two attached hydrogens (primary N) is 2. The Morgan fingerprint density at radius 3 is 1.86 bits per heavy atom. The second-order valence-corrected chi connectivity index (χ2v) is 6.93. The maximum absolute atomic E-state index is 12.8. The Labute approximate surface area is 166 Å². The summed E-state index contributed by atoms with van der Waals surface area (Å²) in [6.45, 7) is 1.05. The van der Waals surface area contributed by atoms with E-state index in [1.807, 2.05) is 48.5 Å². The van der Waals surface area contributed by atoms with Crippen LogP contribution < -0.4 is 16.8 Å². The summed E-state index contributed by atoms with van der Waals surface area (Å²) in [7, 11) is 0. The van der Waals surface area contributed by atoms with Crippen LogP contribution in [0, 0.1) is 0 Å². The van der Waals surface area contributed by atoms with E-state index in [-0.39, 0.29) is 11.9 Å². The molecule has 1 unspecified atom stereocenters. The van der Waals surface area contributed by atoms with Crippen LogP contribution in [-0.4, -0.2) is 25.0 Å². The predicted molar refractivity (Wildman–Crippen MR) is 116 cm³/mol. The van der Waals surface area contributed by atoms with Gasteiger partial charge >= 0.3 is 0 Å². The highest BCUT2D eigenvalue weighted by Crippen LogP contribution is 2.28. The van der Waals surface area contributed by atoms with Crippen molar-refractivity contribution in [2.75, 3.05) is 13.1 Å². The van der Waals surface area contributed by atoms with Gasteiger partial charge in [0.25, 0.3) is 5.91 Å². The number of hydrogen-bond donors (Lipinski definition) is 3. The maximum Gasteiger partial charge on any atom is 0.251 e. The summed E-state index contributed by atoms with van der Waals surface area (Å²) in [6.07, 6.45) is 1.62. The first-order valence-electron chi connectivity index (χ1n) is 9.67. The highest BCUT2D eigenvalue weighted by atomic mass is 16.1. The molecule has 0 aliphatic rings. The zero-order valence-electron chi connectivity index (χ0n) is 16.0. The lowest BCUT2D eigenvalue weighted by Gasteiger charge is -2.12. The number of benzene rings is 3. The van der Waals surface area contributed by atoms with Gasteiger partial charge in [-0.2, -0.15) is 0 Å². The van der Waals surface area contributed by atoms with Crippen LogP contribution >= 0.6 is 0 Å². The number of amides is 1. The van der Waals surface area contributed by atoms with Crippen molar-refractivity contribution in [2.45, 2.75) is 18.9 Å². The molecule has 0 radical (unpaired) electrons. The first-order valence-corrected chi connectivity index (χ1v) is 9.67. The van der Waals surface area contributed by atoms with E-state index in [0.717, 1.165) is 35.1 Å². The van der Waals surface area contributed by atoms with Gasteiger partial charge in [0.2, 0.25) is 0 Å². The minimum atomic E-state index is -0.0729. The van der Waals surface area contributed by atoms with Crippen LogP contribution in [0.4, 0.5) is 0 Å². The molecule has 0 aliphatic heterocycles. The molecule has 1 amide bonds. The summed E-state index contributed by atoms with van der Waals surface area (Å²) >= 11 is 0. The molecule has 0 saturated heterocycles. The Balaban J connectivity index is 1.84. The van der Waals surface area contributed by atoms with Gasteiger partial charge in [-0.15, -0.1) is 0 Å². The molecule has 4 nitrogen and oxygen atoms in total. The van der Waals surface area contributed by atoms with Gasteiger partial charge in [0.15, 0.2) is 0 Å². The molecule has 5 N–H and O–H groups in total. The predicted octanol–water partition coefficient (Wildman–Crippen LogP) is 3.82. The average Bonchev–Trinajstić information content (AvgIpc) is 2.77. The summed E-state index contributed by atoms with van der Waals surface area (Å²) in [5.41, 5.74) is 16.2. The molecule has 0 aromatic heterocycles. The quantitative estimate of drug-likeness (QED) is 0.525. The van der Waals surface area contributed by atoms with Gasteiger partial charge in [-0.1, -0.05) is 60.7 Å². The molecule has 4 heteroatoms. The molecule has 1 atom stereocenters. The molecular weight excluding hydrogens is 346 g/mol. The van der Waals surface area contributed by atoms with Crippen molar-refractivity contribution in [3.05, 3.63) is 84.4 Å². The number of rotatable bonds is 8. The van der Waals surface area contributed by atoms with Crippen molar-refractivity contribution in [3.8, 4) is 22.3 Å². The van der Waals surface area contributed by atoms with Crippen LogP contribution in [0.3, 0.4) is 0 Å². The van der Waals surface area contributed by atoms with E-state index < -0.39 is 0 Å². The Kier molecular flexibility index (Phi) is 6.95. The minimum absolute atomic E-state index is 0.0111. The number of carbonyl (C=O) groups is 1. The second kappa shape index (κ2) is 9.83. The minimum Gasteiger partial charge on any atom is -0.352 e. The average molecular weight is 374 g/mol. The molecule has 0 aliphatic carbocycles. The first-order chi connectivity index (χ1) is 13.7. The molecule has 28 heavy (non-hydrogen) atoms. The van der Waals surface area contributed by atoms with Crippen LogP contribution in [0.15, 0.2) is 78.9 Å². The van der Waals surface area contributed by atoms with Gasteiger partial charge in [0, 0.05) is 24.7 Å². The van der Waals surface area contributed by atoms with E-state index in [4.69, 9.17) is 11.5 Å². The third kappa shape index (κ3) is 5.28. The standard InChI is InChI=1S/C24H27N3O/c25-17-23(26)12-7-13-27-24(28)22-15-20(18-8-3-1-4-9-18)14-21(16-22)19-10-5-2-6-11-19/h1-6,8-11,14-16,23H,7,12-13,17,25-26H2,(H,27,28). The zero-order valence-corrected chi connectivity index (χ0v) is 16.0. The first kappa shape index (κ1) is 19.8. The van der Waals surface area contributed by atoms with Gasteiger partial charge < -0.3 is 16.8 Å². The lowest BCUT2D eigenvalue weighted by atomic mass is 9.96. The number of hydrogen-bond acceptors (Lipinski definition) is 3. The van der Waals surface area contributed by atoms with Crippen molar-refractivity contribution in [2.24, 2.45) is 11.5 Å².